The predicted octanol–water partition coefficient (Wildman–Crippen LogP) is 3.83. The smallest absolute Gasteiger partial charge is 0.271 e. The average molecular weight is 390 g/mol. The van der Waals surface area contributed by atoms with E-state index in [1.165, 1.54) is 23.5 Å². The number of anilines is 3. The number of hydrogen-bond acceptors (Lipinski definition) is 7. The first kappa shape index (κ1) is 17.8. The van der Waals surface area contributed by atoms with Gasteiger partial charge in [0.1, 0.15) is 0 Å². The van der Waals surface area contributed by atoms with Crippen molar-refractivity contribution in [3.63, 3.8) is 0 Å². The second-order valence-electron chi connectivity index (χ2n) is 5.42. The first-order chi connectivity index (χ1) is 12.3. The number of nitro benzene ring substituents is 1. The fourth-order valence-corrected chi connectivity index (χ4v) is 3.51. The molecule has 26 heavy (non-hydrogen) atoms. The molecule has 1 heterocycles. The molecule has 0 aliphatic rings. The van der Waals surface area contributed by atoms with Crippen LogP contribution in [0.1, 0.15) is 0 Å². The van der Waals surface area contributed by atoms with Crippen molar-refractivity contribution >= 4 is 43.6 Å². The molecule has 0 aliphatic heterocycles. The van der Waals surface area contributed by atoms with Gasteiger partial charge in [0.25, 0.3) is 5.69 Å². The van der Waals surface area contributed by atoms with Crippen LogP contribution in [0.5, 0.6) is 0 Å². The topological polar surface area (TPSA) is 114 Å². The molecule has 134 valence electrons. The maximum Gasteiger partial charge on any atom is 0.271 e. The van der Waals surface area contributed by atoms with Gasteiger partial charge < -0.3 is 5.32 Å². The summed E-state index contributed by atoms with van der Waals surface area (Å²) in [6.07, 6.45) is 1.09. The summed E-state index contributed by atoms with van der Waals surface area (Å²) in [6.45, 7) is 0. The minimum atomic E-state index is -3.32. The number of aromatic nitrogens is 1. The molecule has 0 unspecified atom stereocenters. The molecule has 0 saturated carbocycles. The van der Waals surface area contributed by atoms with Gasteiger partial charge in [-0.25, -0.2) is 13.4 Å². The van der Waals surface area contributed by atoms with Gasteiger partial charge >= 0.3 is 0 Å². The summed E-state index contributed by atoms with van der Waals surface area (Å²) in [5, 5.41) is 16.3. The minimum absolute atomic E-state index is 0.000690. The Morgan fingerprint density at radius 1 is 1.12 bits per heavy atom. The minimum Gasteiger partial charge on any atom is -0.331 e. The van der Waals surface area contributed by atoms with Crippen LogP contribution >= 0.6 is 11.3 Å². The number of nitrogens with one attached hydrogen (secondary N) is 2. The van der Waals surface area contributed by atoms with Crippen molar-refractivity contribution in [2.24, 2.45) is 0 Å². The van der Waals surface area contributed by atoms with E-state index in [0.29, 0.717) is 22.2 Å². The summed E-state index contributed by atoms with van der Waals surface area (Å²) < 4.78 is 24.9. The molecule has 0 bridgehead atoms. The van der Waals surface area contributed by atoms with Crippen LogP contribution < -0.4 is 10.0 Å². The molecule has 3 rings (SSSR count). The molecule has 2 aromatic carbocycles. The predicted molar refractivity (Wildman–Crippen MR) is 102 cm³/mol. The number of sulfonamides is 1. The van der Waals surface area contributed by atoms with Gasteiger partial charge in [-0.05, 0) is 18.2 Å². The second-order valence-corrected chi connectivity index (χ2v) is 8.03. The fraction of sp³-hybridized carbons (Fsp3) is 0.0625. The standard InChI is InChI=1S/C16H14N4O4S2/c1-26(23,24)19-12-7-5-11(6-8-12)15-10-25-16(18-15)17-13-3-2-4-14(9-13)20(21)22/h2-10,19H,1H3,(H,17,18). The third-order valence-electron chi connectivity index (χ3n) is 3.30. The number of benzene rings is 2. The zero-order valence-electron chi connectivity index (χ0n) is 13.5. The molecule has 0 fully saturated rings. The Kier molecular flexibility index (Phi) is 4.87. The number of hydrogen-bond donors (Lipinski definition) is 2. The molecular formula is C16H14N4O4S2. The van der Waals surface area contributed by atoms with Gasteiger partial charge in [-0.3, -0.25) is 14.8 Å². The Hall–Kier alpha value is -2.98. The maximum atomic E-state index is 11.2. The van der Waals surface area contributed by atoms with E-state index in [0.717, 1.165) is 11.8 Å². The zero-order chi connectivity index (χ0) is 18.7. The van der Waals surface area contributed by atoms with Crippen LogP contribution in [0.4, 0.5) is 22.2 Å². The fourth-order valence-electron chi connectivity index (χ4n) is 2.21. The Morgan fingerprint density at radius 2 is 1.85 bits per heavy atom. The van der Waals surface area contributed by atoms with E-state index in [2.05, 4.69) is 15.0 Å². The van der Waals surface area contributed by atoms with Gasteiger partial charge in [0.15, 0.2) is 5.13 Å². The molecule has 0 atom stereocenters. The van der Waals surface area contributed by atoms with E-state index < -0.39 is 14.9 Å². The Bertz CT molecular complexity index is 1050. The summed E-state index contributed by atoms with van der Waals surface area (Å²) >= 11 is 1.36. The third-order valence-corrected chi connectivity index (χ3v) is 4.66. The highest BCUT2D eigenvalue weighted by atomic mass is 32.2. The second kappa shape index (κ2) is 7.10. The van der Waals surface area contributed by atoms with Gasteiger partial charge in [0.2, 0.25) is 10.0 Å². The number of rotatable bonds is 6. The van der Waals surface area contributed by atoms with Gasteiger partial charge in [-0.15, -0.1) is 11.3 Å². The van der Waals surface area contributed by atoms with Crippen LogP contribution in [0.3, 0.4) is 0 Å². The SMILES string of the molecule is CS(=O)(=O)Nc1ccc(-c2csc(Nc3cccc([N+](=O)[O-])c3)n2)cc1. The Labute approximate surface area is 153 Å². The zero-order valence-corrected chi connectivity index (χ0v) is 15.2. The van der Waals surface area contributed by atoms with E-state index in [4.69, 9.17) is 0 Å². The van der Waals surface area contributed by atoms with Crippen LogP contribution in [0.25, 0.3) is 11.3 Å². The normalized spacial score (nSPS) is 11.1. The van der Waals surface area contributed by atoms with Gasteiger partial charge in [0, 0.05) is 34.5 Å². The number of nitro groups is 1. The maximum absolute atomic E-state index is 11.2. The largest absolute Gasteiger partial charge is 0.331 e. The van der Waals surface area contributed by atoms with Gasteiger partial charge in [-0.1, -0.05) is 18.2 Å². The summed E-state index contributed by atoms with van der Waals surface area (Å²) in [5.41, 5.74) is 2.59. The highest BCUT2D eigenvalue weighted by Gasteiger charge is 2.09. The van der Waals surface area contributed by atoms with Crippen LogP contribution in [0, 0.1) is 10.1 Å². The van der Waals surface area contributed by atoms with E-state index in [1.807, 2.05) is 5.38 Å². The van der Waals surface area contributed by atoms with Crippen molar-refractivity contribution in [1.29, 1.82) is 0 Å². The Balaban J connectivity index is 1.75. The van der Waals surface area contributed by atoms with Crippen molar-refractivity contribution in [3.05, 3.63) is 64.0 Å². The van der Waals surface area contributed by atoms with E-state index in [9.17, 15) is 18.5 Å². The lowest BCUT2D eigenvalue weighted by molar-refractivity contribution is -0.384. The first-order valence-electron chi connectivity index (χ1n) is 7.35. The van der Waals surface area contributed by atoms with Crippen LogP contribution in [0.15, 0.2) is 53.9 Å². The Morgan fingerprint density at radius 3 is 2.50 bits per heavy atom. The molecule has 0 radical (unpaired) electrons. The number of nitrogens with zero attached hydrogens (tertiary/aromatic N) is 2. The number of non-ortho nitro benzene ring substituents is 1. The average Bonchev–Trinajstić information content (AvgIpc) is 3.03. The third kappa shape index (κ3) is 4.55. The molecule has 3 aromatic rings. The van der Waals surface area contributed by atoms with Crippen molar-refractivity contribution < 1.29 is 13.3 Å². The lowest BCUT2D eigenvalue weighted by atomic mass is 10.1. The molecule has 2 N–H and O–H groups in total. The highest BCUT2D eigenvalue weighted by molar-refractivity contribution is 7.92. The number of thiazole rings is 1. The summed E-state index contributed by atoms with van der Waals surface area (Å²) in [5.74, 6) is 0. The van der Waals surface area contributed by atoms with Crippen molar-refractivity contribution in [3.8, 4) is 11.3 Å². The lowest BCUT2D eigenvalue weighted by Gasteiger charge is -2.04. The molecular weight excluding hydrogens is 376 g/mol. The van der Waals surface area contributed by atoms with Crippen molar-refractivity contribution in [2.75, 3.05) is 16.3 Å². The quantitative estimate of drug-likeness (QED) is 0.488. The van der Waals surface area contributed by atoms with Crippen LogP contribution in [-0.4, -0.2) is 24.6 Å². The van der Waals surface area contributed by atoms with Crippen molar-refractivity contribution in [1.82, 2.24) is 4.98 Å². The lowest BCUT2D eigenvalue weighted by Crippen LogP contribution is -2.09. The van der Waals surface area contributed by atoms with E-state index >= 15 is 0 Å². The summed E-state index contributed by atoms with van der Waals surface area (Å²) in [4.78, 5) is 14.8. The molecule has 0 aliphatic carbocycles. The molecule has 0 amide bonds. The van der Waals surface area contributed by atoms with E-state index in [1.54, 1.807) is 36.4 Å². The van der Waals surface area contributed by atoms with Gasteiger partial charge in [-0.2, -0.15) is 0 Å². The van der Waals surface area contributed by atoms with Gasteiger partial charge in [0.05, 0.1) is 16.9 Å². The highest BCUT2D eigenvalue weighted by Crippen LogP contribution is 2.29. The molecule has 8 nitrogen and oxygen atoms in total. The monoisotopic (exact) mass is 390 g/mol. The van der Waals surface area contributed by atoms with Crippen LogP contribution in [-0.2, 0) is 10.0 Å². The summed E-state index contributed by atoms with van der Waals surface area (Å²) in [6, 6.07) is 13.0. The molecule has 0 saturated heterocycles. The molecule has 0 spiro atoms. The first-order valence-corrected chi connectivity index (χ1v) is 10.1. The van der Waals surface area contributed by atoms with Crippen LogP contribution in [0.2, 0.25) is 0 Å². The molecule has 10 heteroatoms. The summed E-state index contributed by atoms with van der Waals surface area (Å²) in [7, 11) is -3.32. The van der Waals surface area contributed by atoms with Crippen molar-refractivity contribution in [2.45, 2.75) is 0 Å². The van der Waals surface area contributed by atoms with E-state index in [-0.39, 0.29) is 5.69 Å². The molecule has 1 aromatic heterocycles.